The van der Waals surface area contributed by atoms with Crippen LogP contribution in [0, 0.1) is 5.92 Å². The van der Waals surface area contributed by atoms with Gasteiger partial charge in [0.1, 0.15) is 23.0 Å². The average Bonchev–Trinajstić information content (AvgIpc) is 3.21. The van der Waals surface area contributed by atoms with Crippen molar-refractivity contribution in [3.05, 3.63) is 24.8 Å². The van der Waals surface area contributed by atoms with Crippen molar-refractivity contribution in [3.63, 3.8) is 0 Å². The van der Waals surface area contributed by atoms with E-state index < -0.39 is 0 Å². The summed E-state index contributed by atoms with van der Waals surface area (Å²) < 4.78 is 2.32. The van der Waals surface area contributed by atoms with Crippen LogP contribution in [0.25, 0.3) is 22.1 Å². The zero-order valence-electron chi connectivity index (χ0n) is 12.9. The smallest absolute Gasteiger partial charge is 0.139 e. The van der Waals surface area contributed by atoms with Crippen LogP contribution < -0.4 is 5.01 Å². The van der Waals surface area contributed by atoms with Gasteiger partial charge in [0.15, 0.2) is 0 Å². The standard InChI is InChI=1S/C17H21N5/c1-2-11-7-12-3-4-13(8-11)22(12)21-10-20-15-9-19-17-14(16(15)21)5-6-18-17/h5-6,9-13H,2-4,7-8H2,1H3,(H,18,19). The number of aromatic amines is 1. The lowest BCUT2D eigenvalue weighted by atomic mass is 9.90. The number of aromatic nitrogens is 4. The fourth-order valence-electron chi connectivity index (χ4n) is 4.62. The van der Waals surface area contributed by atoms with E-state index in [-0.39, 0.29) is 0 Å². The zero-order valence-corrected chi connectivity index (χ0v) is 12.9. The lowest BCUT2D eigenvalue weighted by molar-refractivity contribution is 0.290. The SMILES string of the molecule is CCC1CC2CCC(C1)N2n1cnc2cnc3[nH]ccc3c21. The molecule has 2 aliphatic heterocycles. The summed E-state index contributed by atoms with van der Waals surface area (Å²) in [6, 6.07) is 3.45. The van der Waals surface area contributed by atoms with Gasteiger partial charge in [0, 0.05) is 23.7 Å². The Labute approximate surface area is 129 Å². The maximum Gasteiger partial charge on any atom is 0.139 e. The summed E-state index contributed by atoms with van der Waals surface area (Å²) in [7, 11) is 0. The number of hydrogen-bond acceptors (Lipinski definition) is 3. The number of H-pyrrole nitrogens is 1. The average molecular weight is 295 g/mol. The fraction of sp³-hybridized carbons (Fsp3) is 0.529. The molecule has 2 bridgehead atoms. The maximum absolute atomic E-state index is 4.60. The molecular formula is C17H21N5. The Morgan fingerprint density at radius 3 is 2.82 bits per heavy atom. The third-order valence-corrected chi connectivity index (χ3v) is 5.69. The van der Waals surface area contributed by atoms with Gasteiger partial charge in [-0.2, -0.15) is 0 Å². The van der Waals surface area contributed by atoms with Crippen molar-refractivity contribution in [2.24, 2.45) is 5.92 Å². The normalized spacial score (nSPS) is 28.0. The van der Waals surface area contributed by atoms with Crippen LogP contribution in [-0.2, 0) is 0 Å². The maximum atomic E-state index is 4.60. The predicted molar refractivity (Wildman–Crippen MR) is 87.4 cm³/mol. The molecule has 22 heavy (non-hydrogen) atoms. The second-order valence-electron chi connectivity index (χ2n) is 6.83. The molecule has 3 aromatic rings. The van der Waals surface area contributed by atoms with Gasteiger partial charge in [0.2, 0.25) is 0 Å². The first-order valence-corrected chi connectivity index (χ1v) is 8.43. The van der Waals surface area contributed by atoms with Crippen LogP contribution in [0.15, 0.2) is 24.8 Å². The molecule has 3 aromatic heterocycles. The molecule has 114 valence electrons. The Balaban J connectivity index is 1.67. The molecule has 2 unspecified atom stereocenters. The van der Waals surface area contributed by atoms with E-state index in [0.29, 0.717) is 12.1 Å². The number of rotatable bonds is 2. The number of pyridine rings is 1. The molecular weight excluding hydrogens is 274 g/mol. The molecule has 2 aliphatic rings. The molecule has 0 aromatic carbocycles. The van der Waals surface area contributed by atoms with Gasteiger partial charge in [-0.3, -0.25) is 0 Å². The van der Waals surface area contributed by atoms with Crippen LogP contribution >= 0.6 is 0 Å². The summed E-state index contributed by atoms with van der Waals surface area (Å²) in [5, 5.41) is 3.78. The summed E-state index contributed by atoms with van der Waals surface area (Å²) in [6.45, 7) is 2.33. The third kappa shape index (κ3) is 1.59. The number of fused-ring (bicyclic) bond motifs is 5. The van der Waals surface area contributed by atoms with Gasteiger partial charge in [-0.05, 0) is 37.7 Å². The topological polar surface area (TPSA) is 49.7 Å². The third-order valence-electron chi connectivity index (χ3n) is 5.69. The van der Waals surface area contributed by atoms with Crippen LogP contribution in [-0.4, -0.2) is 31.7 Å². The number of piperidine rings is 1. The first-order chi connectivity index (χ1) is 10.8. The van der Waals surface area contributed by atoms with E-state index in [9.17, 15) is 0 Å². The van der Waals surface area contributed by atoms with Crippen molar-refractivity contribution >= 4 is 22.1 Å². The van der Waals surface area contributed by atoms with Gasteiger partial charge >= 0.3 is 0 Å². The highest BCUT2D eigenvalue weighted by molar-refractivity contribution is 6.01. The van der Waals surface area contributed by atoms with Gasteiger partial charge in [-0.15, -0.1) is 0 Å². The minimum absolute atomic E-state index is 0.670. The van der Waals surface area contributed by atoms with Crippen molar-refractivity contribution in [2.75, 3.05) is 5.01 Å². The monoisotopic (exact) mass is 295 g/mol. The van der Waals surface area contributed by atoms with Gasteiger partial charge in [-0.25, -0.2) is 14.6 Å². The highest BCUT2D eigenvalue weighted by Gasteiger charge is 2.41. The number of nitrogens with one attached hydrogen (secondary N) is 1. The summed E-state index contributed by atoms with van der Waals surface area (Å²) in [5.74, 6) is 0.900. The Kier molecular flexibility index (Phi) is 2.54. The molecule has 2 atom stereocenters. The van der Waals surface area contributed by atoms with E-state index in [1.807, 2.05) is 18.7 Å². The molecule has 5 heterocycles. The van der Waals surface area contributed by atoms with E-state index in [0.717, 1.165) is 17.1 Å². The first-order valence-electron chi connectivity index (χ1n) is 8.43. The van der Waals surface area contributed by atoms with Crippen LogP contribution in [0.3, 0.4) is 0 Å². The number of hydrogen-bond donors (Lipinski definition) is 1. The van der Waals surface area contributed by atoms with E-state index in [4.69, 9.17) is 0 Å². The molecule has 0 spiro atoms. The number of imidazole rings is 1. The molecule has 0 saturated carbocycles. The van der Waals surface area contributed by atoms with E-state index in [1.54, 1.807) is 0 Å². The fourth-order valence-corrected chi connectivity index (χ4v) is 4.62. The van der Waals surface area contributed by atoms with Crippen LogP contribution in [0.4, 0.5) is 0 Å². The van der Waals surface area contributed by atoms with E-state index >= 15 is 0 Å². The molecule has 0 aliphatic carbocycles. The molecule has 2 saturated heterocycles. The highest BCUT2D eigenvalue weighted by Crippen LogP contribution is 2.39. The Morgan fingerprint density at radius 1 is 1.23 bits per heavy atom. The summed E-state index contributed by atoms with van der Waals surface area (Å²) in [4.78, 5) is 12.3. The number of nitrogens with zero attached hydrogens (tertiary/aromatic N) is 4. The molecule has 5 heteroatoms. The molecule has 1 N–H and O–H groups in total. The second kappa shape index (κ2) is 4.48. The molecule has 2 fully saturated rings. The Bertz CT molecular complexity index is 818. The largest absolute Gasteiger partial charge is 0.346 e. The Hall–Kier alpha value is -2.04. The van der Waals surface area contributed by atoms with Crippen molar-refractivity contribution in [3.8, 4) is 0 Å². The minimum atomic E-state index is 0.670. The van der Waals surface area contributed by atoms with Gasteiger partial charge in [0.25, 0.3) is 0 Å². The molecule has 0 radical (unpaired) electrons. The minimum Gasteiger partial charge on any atom is -0.346 e. The van der Waals surface area contributed by atoms with Crippen molar-refractivity contribution in [2.45, 2.75) is 51.1 Å². The lowest BCUT2D eigenvalue weighted by Crippen LogP contribution is -2.49. The highest BCUT2D eigenvalue weighted by atomic mass is 15.6. The predicted octanol–water partition coefficient (Wildman–Crippen LogP) is 3.20. The zero-order chi connectivity index (χ0) is 14.7. The summed E-state index contributed by atoms with van der Waals surface area (Å²) >= 11 is 0. The Morgan fingerprint density at radius 2 is 2.05 bits per heavy atom. The van der Waals surface area contributed by atoms with Gasteiger partial charge in [0.05, 0.1) is 6.20 Å². The van der Waals surface area contributed by atoms with Gasteiger partial charge in [-0.1, -0.05) is 13.3 Å². The quantitative estimate of drug-likeness (QED) is 0.790. The first kappa shape index (κ1) is 12.5. The van der Waals surface area contributed by atoms with Crippen molar-refractivity contribution in [1.82, 2.24) is 19.6 Å². The van der Waals surface area contributed by atoms with Crippen molar-refractivity contribution < 1.29 is 0 Å². The lowest BCUT2D eigenvalue weighted by Gasteiger charge is -2.40. The molecule has 5 nitrogen and oxygen atoms in total. The van der Waals surface area contributed by atoms with Gasteiger partial charge < -0.3 is 9.99 Å². The van der Waals surface area contributed by atoms with E-state index in [2.05, 4.69) is 37.6 Å². The summed E-state index contributed by atoms with van der Waals surface area (Å²) in [6.07, 6.45) is 12.5. The molecule has 5 rings (SSSR count). The summed E-state index contributed by atoms with van der Waals surface area (Å²) in [5.41, 5.74) is 3.15. The van der Waals surface area contributed by atoms with Crippen molar-refractivity contribution in [1.29, 1.82) is 0 Å². The van der Waals surface area contributed by atoms with Crippen LogP contribution in [0.5, 0.6) is 0 Å². The van der Waals surface area contributed by atoms with Crippen LogP contribution in [0.2, 0.25) is 0 Å². The van der Waals surface area contributed by atoms with E-state index in [1.165, 1.54) is 43.0 Å². The molecule has 0 amide bonds. The van der Waals surface area contributed by atoms with Crippen LogP contribution in [0.1, 0.15) is 39.0 Å². The second-order valence-corrected chi connectivity index (χ2v) is 6.83.